The molecule has 0 aromatic heterocycles. The second-order valence-corrected chi connectivity index (χ2v) is 9.87. The fourth-order valence-corrected chi connectivity index (χ4v) is 5.45. The van der Waals surface area contributed by atoms with Crippen molar-refractivity contribution in [2.45, 2.75) is 57.0 Å². The maximum atomic E-state index is 11.0. The van der Waals surface area contributed by atoms with E-state index < -0.39 is 12.1 Å². The number of carboxylic acid groups (broad SMARTS) is 1. The van der Waals surface area contributed by atoms with Crippen molar-refractivity contribution in [2.75, 3.05) is 33.4 Å². The predicted molar refractivity (Wildman–Crippen MR) is 143 cm³/mol. The Bertz CT molecular complexity index is 1000. The molecule has 7 nitrogen and oxygen atoms in total. The normalized spacial score (nSPS) is 24.5. The lowest BCUT2D eigenvalue weighted by molar-refractivity contribution is -0.137. The molecule has 1 saturated heterocycles. The first-order valence-electron chi connectivity index (χ1n) is 13.3. The maximum absolute atomic E-state index is 11.0. The number of nitrogens with zero attached hydrogens (tertiary/aromatic N) is 1. The van der Waals surface area contributed by atoms with E-state index in [0.29, 0.717) is 32.7 Å². The molecule has 0 unspecified atom stereocenters. The Morgan fingerprint density at radius 3 is 2.38 bits per heavy atom. The molecule has 2 aromatic carbocycles. The molecule has 1 saturated carbocycles. The number of carbonyl (C=O) groups is 1. The zero-order chi connectivity index (χ0) is 26.0. The highest BCUT2D eigenvalue weighted by molar-refractivity contribution is 5.66. The fraction of sp³-hybridized carbons (Fsp3) is 0.500. The van der Waals surface area contributed by atoms with Gasteiger partial charge in [-0.25, -0.2) is 0 Å². The number of methoxy groups -OCH3 is 1. The predicted octanol–water partition coefficient (Wildman–Crippen LogP) is 4.53. The van der Waals surface area contributed by atoms with Gasteiger partial charge in [-0.2, -0.15) is 0 Å². The molecule has 7 heteroatoms. The number of aliphatic hydroxyl groups is 1. The lowest BCUT2D eigenvalue weighted by Gasteiger charge is -2.37. The van der Waals surface area contributed by atoms with Gasteiger partial charge in [0.25, 0.3) is 0 Å². The standard InChI is InChI=1S/C30H39NO6/c1-35-25-14-12-24(13-15-25)23-10-8-22(9-11-23)21-37-28-20-27(32)30(31-16-18-36-19-17-31)26(28)6-4-2-3-5-7-29(33)34/h2,4,8-15,26-28,30,32H,3,5-7,16-21H2,1H3,(H,33,34)/t26-,27-,28-,30+/m0/s1. The number of rotatable bonds is 12. The number of aliphatic carboxylic acids is 1. The summed E-state index contributed by atoms with van der Waals surface area (Å²) >= 11 is 0. The maximum Gasteiger partial charge on any atom is 0.303 e. The van der Waals surface area contributed by atoms with E-state index in [1.807, 2.05) is 12.1 Å². The fourth-order valence-electron chi connectivity index (χ4n) is 5.45. The van der Waals surface area contributed by atoms with E-state index in [9.17, 15) is 9.90 Å². The Labute approximate surface area is 219 Å². The quantitative estimate of drug-likeness (QED) is 0.321. The van der Waals surface area contributed by atoms with Crippen LogP contribution in [0.3, 0.4) is 0 Å². The Morgan fingerprint density at radius 1 is 1.05 bits per heavy atom. The van der Waals surface area contributed by atoms with Crippen molar-refractivity contribution >= 4 is 5.97 Å². The minimum Gasteiger partial charge on any atom is -0.497 e. The highest BCUT2D eigenvalue weighted by atomic mass is 16.5. The van der Waals surface area contributed by atoms with Gasteiger partial charge < -0.3 is 24.4 Å². The molecule has 0 spiro atoms. The summed E-state index contributed by atoms with van der Waals surface area (Å²) in [6, 6.07) is 16.5. The summed E-state index contributed by atoms with van der Waals surface area (Å²) in [5, 5.41) is 19.9. The Balaban J connectivity index is 1.38. The largest absolute Gasteiger partial charge is 0.497 e. The van der Waals surface area contributed by atoms with E-state index >= 15 is 0 Å². The van der Waals surface area contributed by atoms with Gasteiger partial charge in [0.15, 0.2) is 0 Å². The second-order valence-electron chi connectivity index (χ2n) is 9.87. The number of morpholine rings is 1. The van der Waals surface area contributed by atoms with Crippen LogP contribution >= 0.6 is 0 Å². The highest BCUT2D eigenvalue weighted by Crippen LogP contribution is 2.36. The van der Waals surface area contributed by atoms with Crippen molar-refractivity contribution in [3.8, 4) is 16.9 Å². The van der Waals surface area contributed by atoms with Gasteiger partial charge >= 0.3 is 5.97 Å². The van der Waals surface area contributed by atoms with Crippen molar-refractivity contribution in [3.63, 3.8) is 0 Å². The number of aliphatic hydroxyl groups excluding tert-OH is 1. The molecule has 2 aromatic rings. The monoisotopic (exact) mass is 509 g/mol. The van der Waals surface area contributed by atoms with Crippen LogP contribution < -0.4 is 4.74 Å². The van der Waals surface area contributed by atoms with Gasteiger partial charge in [-0.3, -0.25) is 9.69 Å². The van der Waals surface area contributed by atoms with Crippen LogP contribution in [0, 0.1) is 5.92 Å². The Morgan fingerprint density at radius 2 is 1.73 bits per heavy atom. The number of unbranched alkanes of at least 4 members (excludes halogenated alkanes) is 1. The van der Waals surface area contributed by atoms with Crippen LogP contribution in [-0.2, 0) is 20.9 Å². The summed E-state index contributed by atoms with van der Waals surface area (Å²) in [4.78, 5) is 13.1. The van der Waals surface area contributed by atoms with E-state index in [1.54, 1.807) is 7.11 Å². The molecule has 200 valence electrons. The summed E-state index contributed by atoms with van der Waals surface area (Å²) in [5.74, 6) is 0.250. The van der Waals surface area contributed by atoms with Gasteiger partial charge in [0.05, 0.1) is 39.1 Å². The summed E-state index contributed by atoms with van der Waals surface area (Å²) in [7, 11) is 1.67. The van der Waals surface area contributed by atoms with Crippen LogP contribution in [0.15, 0.2) is 60.7 Å². The van der Waals surface area contributed by atoms with Gasteiger partial charge in [-0.1, -0.05) is 48.6 Å². The number of hydrogen-bond donors (Lipinski definition) is 2. The van der Waals surface area contributed by atoms with Gasteiger partial charge in [0.2, 0.25) is 0 Å². The van der Waals surface area contributed by atoms with Crippen LogP contribution in [-0.4, -0.2) is 72.7 Å². The first kappa shape index (κ1) is 27.3. The smallest absolute Gasteiger partial charge is 0.303 e. The molecule has 0 radical (unpaired) electrons. The SMILES string of the molecule is COc1ccc(-c2ccc(CO[C@H]3C[C@H](O)[C@H](N4CCOCC4)[C@H]3CC=CCCCC(=O)O)cc2)cc1. The summed E-state index contributed by atoms with van der Waals surface area (Å²) in [6.07, 6.45) is 6.70. The van der Waals surface area contributed by atoms with Crippen LogP contribution in [0.1, 0.15) is 37.7 Å². The average Bonchev–Trinajstić information content (AvgIpc) is 3.24. The third-order valence-corrected chi connectivity index (χ3v) is 7.43. The molecule has 1 aliphatic heterocycles. The molecule has 4 atom stereocenters. The van der Waals surface area contributed by atoms with Gasteiger partial charge in [0, 0.05) is 37.9 Å². The molecular weight excluding hydrogens is 470 g/mol. The van der Waals surface area contributed by atoms with Gasteiger partial charge in [0.1, 0.15) is 5.75 Å². The number of ether oxygens (including phenoxy) is 3. The molecule has 37 heavy (non-hydrogen) atoms. The van der Waals surface area contributed by atoms with E-state index in [4.69, 9.17) is 19.3 Å². The molecule has 1 heterocycles. The van der Waals surface area contributed by atoms with Crippen LogP contribution in [0.4, 0.5) is 0 Å². The minimum atomic E-state index is -0.759. The van der Waals surface area contributed by atoms with Crippen LogP contribution in [0.25, 0.3) is 11.1 Å². The molecule has 4 rings (SSSR count). The first-order chi connectivity index (χ1) is 18.0. The van der Waals surface area contributed by atoms with Crippen molar-refractivity contribution in [3.05, 3.63) is 66.2 Å². The van der Waals surface area contributed by atoms with Gasteiger partial charge in [-0.15, -0.1) is 0 Å². The number of allylic oxidation sites excluding steroid dienone is 2. The topological polar surface area (TPSA) is 88.5 Å². The average molecular weight is 510 g/mol. The minimum absolute atomic E-state index is 0.0371. The molecule has 1 aliphatic carbocycles. The second kappa shape index (κ2) is 13.7. The van der Waals surface area contributed by atoms with Crippen molar-refractivity contribution < 1.29 is 29.2 Å². The molecule has 2 N–H and O–H groups in total. The van der Waals surface area contributed by atoms with E-state index in [0.717, 1.165) is 48.4 Å². The lowest BCUT2D eigenvalue weighted by Crippen LogP contribution is -2.50. The Kier molecular flexibility index (Phi) is 10.1. The molecular formula is C30H39NO6. The van der Waals surface area contributed by atoms with Crippen LogP contribution in [0.2, 0.25) is 0 Å². The first-order valence-corrected chi connectivity index (χ1v) is 13.3. The molecule has 2 aliphatic rings. The summed E-state index contributed by atoms with van der Waals surface area (Å²) in [5.41, 5.74) is 3.38. The molecule has 2 fully saturated rings. The van der Waals surface area contributed by atoms with Crippen molar-refractivity contribution in [1.29, 1.82) is 0 Å². The van der Waals surface area contributed by atoms with E-state index in [1.165, 1.54) is 0 Å². The molecule has 0 amide bonds. The molecule has 0 bridgehead atoms. The number of benzene rings is 2. The Hall–Kier alpha value is -2.71. The third kappa shape index (κ3) is 7.65. The summed E-state index contributed by atoms with van der Waals surface area (Å²) in [6.45, 7) is 3.51. The van der Waals surface area contributed by atoms with Crippen molar-refractivity contribution in [2.24, 2.45) is 5.92 Å². The van der Waals surface area contributed by atoms with Crippen LogP contribution in [0.5, 0.6) is 5.75 Å². The van der Waals surface area contributed by atoms with Gasteiger partial charge in [-0.05, 0) is 48.1 Å². The summed E-state index contributed by atoms with van der Waals surface area (Å²) < 4.78 is 17.2. The lowest BCUT2D eigenvalue weighted by atomic mass is 9.94. The number of hydrogen-bond acceptors (Lipinski definition) is 6. The van der Waals surface area contributed by atoms with Crippen molar-refractivity contribution in [1.82, 2.24) is 4.90 Å². The van der Waals surface area contributed by atoms with E-state index in [2.05, 4.69) is 53.5 Å². The third-order valence-electron chi connectivity index (χ3n) is 7.43. The zero-order valence-corrected chi connectivity index (χ0v) is 21.6. The highest BCUT2D eigenvalue weighted by Gasteiger charge is 2.45. The van der Waals surface area contributed by atoms with E-state index in [-0.39, 0.29) is 24.5 Å². The zero-order valence-electron chi connectivity index (χ0n) is 21.6. The number of carboxylic acids is 1.